The van der Waals surface area contributed by atoms with Crippen LogP contribution in [-0.4, -0.2) is 36.0 Å². The van der Waals surface area contributed by atoms with Gasteiger partial charge in [0.1, 0.15) is 0 Å². The smallest absolute Gasteiger partial charge is 0.261 e. The van der Waals surface area contributed by atoms with Gasteiger partial charge >= 0.3 is 0 Å². The second-order valence-electron chi connectivity index (χ2n) is 7.07. The predicted molar refractivity (Wildman–Crippen MR) is 105 cm³/mol. The monoisotopic (exact) mass is 356 g/mol. The lowest BCUT2D eigenvalue weighted by Crippen LogP contribution is -2.47. The second-order valence-corrected chi connectivity index (χ2v) is 8.36. The van der Waals surface area contributed by atoms with Gasteiger partial charge in [0.05, 0.1) is 4.88 Å². The molecule has 1 aromatic heterocycles. The van der Waals surface area contributed by atoms with Crippen LogP contribution in [0, 0.1) is 6.92 Å². The third-order valence-electron chi connectivity index (χ3n) is 5.15. The van der Waals surface area contributed by atoms with Gasteiger partial charge in [-0.3, -0.25) is 4.79 Å². The van der Waals surface area contributed by atoms with Crippen LogP contribution in [0.2, 0.25) is 0 Å². The molecule has 1 aromatic carbocycles. The topological polar surface area (TPSA) is 32.3 Å². The lowest BCUT2D eigenvalue weighted by Gasteiger charge is -2.36. The zero-order valence-corrected chi connectivity index (χ0v) is 16.0. The van der Waals surface area contributed by atoms with E-state index >= 15 is 0 Å². The molecule has 4 heteroatoms. The largest absolute Gasteiger partial charge is 0.349 e. The number of aryl methyl sites for hydroxylation is 2. The molecular formula is C21H28N2OS. The van der Waals surface area contributed by atoms with E-state index in [4.69, 9.17) is 0 Å². The molecule has 1 fully saturated rings. The van der Waals surface area contributed by atoms with Crippen molar-refractivity contribution in [3.8, 4) is 0 Å². The van der Waals surface area contributed by atoms with Crippen molar-refractivity contribution in [3.05, 3.63) is 57.8 Å². The molecule has 0 bridgehead atoms. The molecule has 25 heavy (non-hydrogen) atoms. The Bertz CT molecular complexity index is 674. The molecule has 1 unspecified atom stereocenters. The average Bonchev–Trinajstić information content (AvgIpc) is 3.08. The molecule has 0 aliphatic carbocycles. The van der Waals surface area contributed by atoms with Crippen molar-refractivity contribution in [2.24, 2.45) is 0 Å². The van der Waals surface area contributed by atoms with Crippen molar-refractivity contribution in [2.75, 3.05) is 13.1 Å². The van der Waals surface area contributed by atoms with E-state index in [2.05, 4.69) is 47.5 Å². The quantitative estimate of drug-likeness (QED) is 0.838. The highest BCUT2D eigenvalue weighted by Crippen LogP contribution is 2.19. The standard InChI is InChI=1S/C21H28N2OS/c1-16(8-10-18-6-4-3-5-7-18)23-14-12-19(13-15-23)22-21(24)20-11-9-17(2)25-20/h3-7,9,11,16,19H,8,10,12-15H2,1-2H3,(H,22,24). The summed E-state index contributed by atoms with van der Waals surface area (Å²) in [7, 11) is 0. The molecule has 1 aliphatic rings. The van der Waals surface area contributed by atoms with Crippen LogP contribution in [0.4, 0.5) is 0 Å². The zero-order valence-electron chi connectivity index (χ0n) is 15.2. The Morgan fingerprint density at radius 2 is 1.92 bits per heavy atom. The minimum Gasteiger partial charge on any atom is -0.349 e. The van der Waals surface area contributed by atoms with Crippen molar-refractivity contribution in [3.63, 3.8) is 0 Å². The average molecular weight is 357 g/mol. The maximum Gasteiger partial charge on any atom is 0.261 e. The van der Waals surface area contributed by atoms with Gasteiger partial charge in [0.25, 0.3) is 5.91 Å². The highest BCUT2D eigenvalue weighted by Gasteiger charge is 2.24. The van der Waals surface area contributed by atoms with Gasteiger partial charge in [0, 0.05) is 30.1 Å². The van der Waals surface area contributed by atoms with Crippen LogP contribution in [-0.2, 0) is 6.42 Å². The van der Waals surface area contributed by atoms with E-state index in [9.17, 15) is 4.79 Å². The normalized spacial score (nSPS) is 17.4. The molecular weight excluding hydrogens is 328 g/mol. The van der Waals surface area contributed by atoms with Crippen molar-refractivity contribution in [1.82, 2.24) is 10.2 Å². The number of carbonyl (C=O) groups excluding carboxylic acids is 1. The van der Waals surface area contributed by atoms with Gasteiger partial charge in [-0.15, -0.1) is 11.3 Å². The lowest BCUT2D eigenvalue weighted by atomic mass is 10.00. The second kappa shape index (κ2) is 8.63. The Morgan fingerprint density at radius 1 is 1.20 bits per heavy atom. The Hall–Kier alpha value is -1.65. The molecule has 3 nitrogen and oxygen atoms in total. The molecule has 0 radical (unpaired) electrons. The molecule has 2 heterocycles. The number of thiophene rings is 1. The first-order valence-electron chi connectivity index (χ1n) is 9.27. The number of piperidine rings is 1. The maximum atomic E-state index is 12.3. The number of benzene rings is 1. The lowest BCUT2D eigenvalue weighted by molar-refractivity contribution is 0.0897. The van der Waals surface area contributed by atoms with E-state index in [-0.39, 0.29) is 5.91 Å². The van der Waals surface area contributed by atoms with E-state index in [0.29, 0.717) is 12.1 Å². The number of hydrogen-bond acceptors (Lipinski definition) is 3. The van der Waals surface area contributed by atoms with Gasteiger partial charge in [0.15, 0.2) is 0 Å². The number of carbonyl (C=O) groups is 1. The summed E-state index contributed by atoms with van der Waals surface area (Å²) >= 11 is 1.57. The van der Waals surface area contributed by atoms with Gasteiger partial charge in [-0.2, -0.15) is 0 Å². The van der Waals surface area contributed by atoms with Crippen LogP contribution in [0.1, 0.15) is 46.3 Å². The first-order valence-corrected chi connectivity index (χ1v) is 10.1. The molecule has 1 atom stereocenters. The van der Waals surface area contributed by atoms with Gasteiger partial charge in [0.2, 0.25) is 0 Å². The minimum atomic E-state index is 0.0914. The van der Waals surface area contributed by atoms with E-state index < -0.39 is 0 Å². The highest BCUT2D eigenvalue weighted by molar-refractivity contribution is 7.13. The summed E-state index contributed by atoms with van der Waals surface area (Å²) in [6.45, 7) is 6.52. The third kappa shape index (κ3) is 5.16. The summed E-state index contributed by atoms with van der Waals surface area (Å²) in [6.07, 6.45) is 4.42. The molecule has 1 saturated heterocycles. The molecule has 1 amide bonds. The Balaban J connectivity index is 1.41. The van der Waals surface area contributed by atoms with Crippen molar-refractivity contribution >= 4 is 17.2 Å². The van der Waals surface area contributed by atoms with Crippen molar-refractivity contribution in [2.45, 2.75) is 51.6 Å². The summed E-state index contributed by atoms with van der Waals surface area (Å²) in [5.74, 6) is 0.0914. The molecule has 0 saturated carbocycles. The Morgan fingerprint density at radius 3 is 2.56 bits per heavy atom. The van der Waals surface area contributed by atoms with Gasteiger partial charge in [-0.25, -0.2) is 0 Å². The summed E-state index contributed by atoms with van der Waals surface area (Å²) in [5, 5.41) is 3.21. The van der Waals surface area contributed by atoms with Crippen LogP contribution in [0.25, 0.3) is 0 Å². The van der Waals surface area contributed by atoms with E-state index in [1.54, 1.807) is 11.3 Å². The number of nitrogens with one attached hydrogen (secondary N) is 1. The summed E-state index contributed by atoms with van der Waals surface area (Å²) < 4.78 is 0. The van der Waals surface area contributed by atoms with E-state index in [0.717, 1.165) is 37.2 Å². The van der Waals surface area contributed by atoms with Crippen LogP contribution < -0.4 is 5.32 Å². The Kier molecular flexibility index (Phi) is 6.27. The summed E-state index contributed by atoms with van der Waals surface area (Å²) in [4.78, 5) is 16.9. The third-order valence-corrected chi connectivity index (χ3v) is 6.15. The van der Waals surface area contributed by atoms with E-state index in [1.165, 1.54) is 16.9 Å². The molecule has 0 spiro atoms. The van der Waals surface area contributed by atoms with Crippen molar-refractivity contribution in [1.29, 1.82) is 0 Å². The first kappa shape index (κ1) is 18.2. The zero-order chi connectivity index (χ0) is 17.6. The van der Waals surface area contributed by atoms with Crippen LogP contribution in [0.5, 0.6) is 0 Å². The van der Waals surface area contributed by atoms with Gasteiger partial charge in [-0.1, -0.05) is 30.3 Å². The first-order chi connectivity index (χ1) is 12.1. The fourth-order valence-electron chi connectivity index (χ4n) is 3.50. The summed E-state index contributed by atoms with van der Waals surface area (Å²) in [5.41, 5.74) is 1.42. The number of rotatable bonds is 6. The van der Waals surface area contributed by atoms with Gasteiger partial charge in [-0.05, 0) is 57.2 Å². The SMILES string of the molecule is Cc1ccc(C(=O)NC2CCN(C(C)CCc3ccccc3)CC2)s1. The minimum absolute atomic E-state index is 0.0914. The molecule has 2 aromatic rings. The number of amides is 1. The van der Waals surface area contributed by atoms with Crippen LogP contribution in [0.3, 0.4) is 0 Å². The number of hydrogen-bond donors (Lipinski definition) is 1. The fourth-order valence-corrected chi connectivity index (χ4v) is 4.27. The molecule has 134 valence electrons. The molecule has 3 rings (SSSR count). The Labute approximate surface area is 155 Å². The molecule has 1 aliphatic heterocycles. The van der Waals surface area contributed by atoms with Crippen LogP contribution in [0.15, 0.2) is 42.5 Å². The van der Waals surface area contributed by atoms with Crippen molar-refractivity contribution < 1.29 is 4.79 Å². The predicted octanol–water partition coefficient (Wildman–Crippen LogP) is 4.27. The number of nitrogens with zero attached hydrogens (tertiary/aromatic N) is 1. The summed E-state index contributed by atoms with van der Waals surface area (Å²) in [6, 6.07) is 15.6. The van der Waals surface area contributed by atoms with Gasteiger partial charge < -0.3 is 10.2 Å². The number of likely N-dealkylation sites (tertiary alicyclic amines) is 1. The maximum absolute atomic E-state index is 12.3. The highest BCUT2D eigenvalue weighted by atomic mass is 32.1. The van der Waals surface area contributed by atoms with E-state index in [1.807, 2.05) is 19.1 Å². The molecule has 1 N–H and O–H groups in total. The fraction of sp³-hybridized carbons (Fsp3) is 0.476. The van der Waals surface area contributed by atoms with Crippen LogP contribution >= 0.6 is 11.3 Å².